The van der Waals surface area contributed by atoms with Crippen LogP contribution in [0.5, 0.6) is 0 Å². The van der Waals surface area contributed by atoms with Gasteiger partial charge in [0.2, 0.25) is 0 Å². The Bertz CT molecular complexity index is 1230. The number of aromatic nitrogens is 1. The Labute approximate surface area is 203 Å². The van der Waals surface area contributed by atoms with Gasteiger partial charge in [0.1, 0.15) is 5.82 Å². The molecule has 0 spiro atoms. The van der Waals surface area contributed by atoms with Gasteiger partial charge in [-0.25, -0.2) is 9.19 Å². The number of aliphatic carboxylic acids is 2. The fourth-order valence-corrected chi connectivity index (χ4v) is 5.11. The lowest BCUT2D eigenvalue weighted by Gasteiger charge is -2.10. The number of benzene rings is 1. The molecule has 1 amide bonds. The maximum atomic E-state index is 13.4. The van der Waals surface area contributed by atoms with E-state index in [1.807, 2.05) is 0 Å². The zero-order chi connectivity index (χ0) is 25.8. The summed E-state index contributed by atoms with van der Waals surface area (Å²) in [6.45, 7) is 0. The summed E-state index contributed by atoms with van der Waals surface area (Å²) in [5.74, 6) is 3.26. The van der Waals surface area contributed by atoms with Crippen molar-refractivity contribution in [3.8, 4) is 11.8 Å². The Morgan fingerprint density at radius 2 is 1.49 bits per heavy atom. The molecule has 0 atom stereocenters. The average Bonchev–Trinajstić information content (AvgIpc) is 2.80. The van der Waals surface area contributed by atoms with Gasteiger partial charge in [-0.1, -0.05) is 11.8 Å². The predicted octanol–water partition coefficient (Wildman–Crippen LogP) is 2.76. The molecular formula is C24H28N4O6S. The summed E-state index contributed by atoms with van der Waals surface area (Å²) in [5.41, 5.74) is 13.2. The van der Waals surface area contributed by atoms with Crippen molar-refractivity contribution in [1.29, 1.82) is 0 Å². The topological polar surface area (TPSA) is 186 Å². The van der Waals surface area contributed by atoms with Gasteiger partial charge in [-0.15, -0.1) is 0 Å². The Morgan fingerprint density at radius 3 is 2.03 bits per heavy atom. The van der Waals surface area contributed by atoms with Gasteiger partial charge in [0.05, 0.1) is 20.9 Å². The molecule has 1 aromatic heterocycles. The third-order valence-electron chi connectivity index (χ3n) is 4.87. The highest BCUT2D eigenvalue weighted by Gasteiger charge is 2.16. The molecule has 0 fully saturated rings. The number of nitrogen functional groups attached to an aromatic ring is 2. The van der Waals surface area contributed by atoms with E-state index in [0.717, 1.165) is 0 Å². The van der Waals surface area contributed by atoms with Gasteiger partial charge < -0.3 is 21.7 Å². The molecule has 11 heteroatoms. The van der Waals surface area contributed by atoms with Crippen LogP contribution >= 0.6 is 0 Å². The summed E-state index contributed by atoms with van der Waals surface area (Å²) in [5, 5.41) is 17.6. The highest BCUT2D eigenvalue weighted by atomic mass is 32.2. The van der Waals surface area contributed by atoms with Crippen LogP contribution in [0.2, 0.25) is 0 Å². The number of nitrogens with zero attached hydrogens (tertiary/aromatic N) is 2. The Balaban J connectivity index is 2.25. The highest BCUT2D eigenvalue weighted by molar-refractivity contribution is 7.93. The Hall–Kier alpha value is -3.91. The molecule has 2 rings (SSSR count). The minimum Gasteiger partial charge on any atom is -0.481 e. The van der Waals surface area contributed by atoms with Crippen molar-refractivity contribution in [1.82, 2.24) is 4.98 Å². The summed E-state index contributed by atoms with van der Waals surface area (Å²) < 4.78 is 17.3. The molecule has 0 bridgehead atoms. The van der Waals surface area contributed by atoms with Crippen molar-refractivity contribution in [2.45, 2.75) is 38.5 Å². The van der Waals surface area contributed by atoms with Crippen molar-refractivity contribution in [2.75, 3.05) is 23.0 Å². The van der Waals surface area contributed by atoms with Crippen LogP contribution in [0, 0.1) is 11.8 Å². The summed E-state index contributed by atoms with van der Waals surface area (Å²) >= 11 is 0. The lowest BCUT2D eigenvalue weighted by molar-refractivity contribution is -0.138. The quantitative estimate of drug-likeness (QED) is 0.204. The first-order valence-corrected chi connectivity index (χ1v) is 12.8. The number of amides is 1. The van der Waals surface area contributed by atoms with E-state index in [1.54, 1.807) is 24.3 Å². The zero-order valence-corrected chi connectivity index (χ0v) is 19.9. The molecule has 0 radical (unpaired) electrons. The molecule has 1 aromatic carbocycles. The van der Waals surface area contributed by atoms with Gasteiger partial charge >= 0.3 is 11.9 Å². The third-order valence-corrected chi connectivity index (χ3v) is 7.23. The van der Waals surface area contributed by atoms with E-state index >= 15 is 0 Å². The van der Waals surface area contributed by atoms with Crippen LogP contribution in [0.25, 0.3) is 0 Å². The number of carbonyl (C=O) groups is 3. The molecule has 0 unspecified atom stereocenters. The second-order valence-corrected chi connectivity index (χ2v) is 10.4. The van der Waals surface area contributed by atoms with E-state index < -0.39 is 27.6 Å². The molecule has 0 aliphatic heterocycles. The SMILES string of the molecule is Nc1ccc(C#Cc2cc(C(=O)N=S(=O)(CCCCC(=O)O)CCCCC(=O)O)cnc2N)cc1. The van der Waals surface area contributed by atoms with Crippen LogP contribution < -0.4 is 11.5 Å². The predicted molar refractivity (Wildman–Crippen MR) is 133 cm³/mol. The lowest BCUT2D eigenvalue weighted by Crippen LogP contribution is -2.15. The average molecular weight is 501 g/mol. The number of pyridine rings is 1. The van der Waals surface area contributed by atoms with Crippen molar-refractivity contribution < 1.29 is 28.8 Å². The standard InChI is InChI=1S/C24H28N4O6S/c25-20-11-8-17(9-12-20)7-10-18-15-19(16-27-23(18)26)24(33)28-35(34,13-3-1-5-21(29)30)14-4-2-6-22(31)32/h8-9,11-12,15-16H,1-6,13-14,25H2,(H2,26,27)(H,29,30)(H,31,32). The maximum absolute atomic E-state index is 13.4. The number of nitrogens with two attached hydrogens (primary N) is 2. The first kappa shape index (κ1) is 27.3. The van der Waals surface area contributed by atoms with Crippen molar-refractivity contribution in [2.24, 2.45) is 4.36 Å². The van der Waals surface area contributed by atoms with E-state index in [2.05, 4.69) is 21.2 Å². The van der Waals surface area contributed by atoms with Gasteiger partial charge in [0, 0.05) is 41.8 Å². The normalized spacial score (nSPS) is 10.7. The van der Waals surface area contributed by atoms with Gasteiger partial charge in [-0.05, 0) is 56.0 Å². The largest absolute Gasteiger partial charge is 0.481 e. The molecule has 35 heavy (non-hydrogen) atoms. The van der Waals surface area contributed by atoms with Crippen LogP contribution in [0.15, 0.2) is 40.9 Å². The molecule has 0 saturated carbocycles. The number of hydrogen-bond acceptors (Lipinski definition) is 7. The number of anilines is 2. The number of rotatable bonds is 11. The van der Waals surface area contributed by atoms with Crippen LogP contribution in [0.4, 0.5) is 11.5 Å². The fourth-order valence-electron chi connectivity index (χ4n) is 3.00. The zero-order valence-electron chi connectivity index (χ0n) is 19.1. The van der Waals surface area contributed by atoms with Gasteiger partial charge in [-0.2, -0.15) is 4.36 Å². The Kier molecular flexibility index (Phi) is 10.2. The van der Waals surface area contributed by atoms with Crippen LogP contribution in [-0.4, -0.2) is 48.8 Å². The van der Waals surface area contributed by atoms with Gasteiger partial charge in [0.15, 0.2) is 0 Å². The summed E-state index contributed by atoms with van der Waals surface area (Å²) in [6.07, 6.45) is 2.25. The highest BCUT2D eigenvalue weighted by Crippen LogP contribution is 2.15. The maximum Gasteiger partial charge on any atom is 0.303 e. The van der Waals surface area contributed by atoms with Crippen molar-refractivity contribution in [3.63, 3.8) is 0 Å². The molecule has 10 nitrogen and oxygen atoms in total. The number of carboxylic acids is 2. The second kappa shape index (κ2) is 13.1. The third kappa shape index (κ3) is 9.85. The van der Waals surface area contributed by atoms with Crippen LogP contribution in [-0.2, 0) is 19.3 Å². The van der Waals surface area contributed by atoms with Crippen LogP contribution in [0.3, 0.4) is 0 Å². The van der Waals surface area contributed by atoms with Crippen molar-refractivity contribution in [3.05, 3.63) is 53.2 Å². The van der Waals surface area contributed by atoms with E-state index in [4.69, 9.17) is 21.7 Å². The number of unbranched alkanes of at least 4 members (excludes halogenated alkanes) is 2. The van der Waals surface area contributed by atoms with E-state index in [-0.39, 0.29) is 35.7 Å². The molecule has 186 valence electrons. The lowest BCUT2D eigenvalue weighted by atomic mass is 10.1. The fraction of sp³-hybridized carbons (Fsp3) is 0.333. The first-order valence-electron chi connectivity index (χ1n) is 10.9. The van der Waals surface area contributed by atoms with Crippen molar-refractivity contribution >= 4 is 39.1 Å². The van der Waals surface area contributed by atoms with Gasteiger partial charge in [0.25, 0.3) is 5.91 Å². The molecule has 0 saturated heterocycles. The van der Waals surface area contributed by atoms with E-state index in [1.165, 1.54) is 12.3 Å². The molecule has 2 aromatic rings. The van der Waals surface area contributed by atoms with Crippen LogP contribution in [0.1, 0.15) is 60.0 Å². The molecule has 0 aliphatic rings. The smallest absolute Gasteiger partial charge is 0.303 e. The number of carbonyl (C=O) groups excluding carboxylic acids is 1. The van der Waals surface area contributed by atoms with Gasteiger partial charge in [-0.3, -0.25) is 14.4 Å². The molecule has 0 aliphatic carbocycles. The first-order chi connectivity index (χ1) is 16.6. The molecular weight excluding hydrogens is 472 g/mol. The number of hydrogen-bond donors (Lipinski definition) is 4. The second-order valence-electron chi connectivity index (χ2n) is 7.81. The number of carboxylic acid groups (broad SMARTS) is 2. The summed E-state index contributed by atoms with van der Waals surface area (Å²) in [7, 11) is -3.03. The summed E-state index contributed by atoms with van der Waals surface area (Å²) in [4.78, 5) is 38.3. The minimum absolute atomic E-state index is 0.0330. The monoisotopic (exact) mass is 500 g/mol. The molecule has 6 N–H and O–H groups in total. The molecule has 1 heterocycles. The summed E-state index contributed by atoms with van der Waals surface area (Å²) in [6, 6.07) is 8.30. The van der Waals surface area contributed by atoms with E-state index in [9.17, 15) is 18.6 Å². The minimum atomic E-state index is -3.03. The Morgan fingerprint density at radius 1 is 0.914 bits per heavy atom. The van der Waals surface area contributed by atoms with E-state index in [0.29, 0.717) is 42.5 Å².